The molecule has 0 radical (unpaired) electrons. The zero-order chi connectivity index (χ0) is 11.4. The highest BCUT2D eigenvalue weighted by atomic mass is 16.6. The SMILES string of the molecule is CO[C@@H]1[C@H](OC)[C@@H](OC(C)=O)CO[C@@H]1C. The molecular weight excluding hydrogens is 200 g/mol. The maximum absolute atomic E-state index is 10.9. The van der Waals surface area contributed by atoms with Crippen molar-refractivity contribution in [1.29, 1.82) is 0 Å². The van der Waals surface area contributed by atoms with Gasteiger partial charge in [0.25, 0.3) is 0 Å². The van der Waals surface area contributed by atoms with Gasteiger partial charge in [0.05, 0.1) is 12.7 Å². The third-order valence-electron chi connectivity index (χ3n) is 2.54. The summed E-state index contributed by atoms with van der Waals surface area (Å²) in [5.74, 6) is -0.338. The maximum atomic E-state index is 10.9. The number of ether oxygens (including phenoxy) is 4. The Morgan fingerprint density at radius 2 is 1.87 bits per heavy atom. The number of esters is 1. The molecule has 1 saturated heterocycles. The minimum atomic E-state index is -0.395. The summed E-state index contributed by atoms with van der Waals surface area (Å²) in [7, 11) is 3.16. The van der Waals surface area contributed by atoms with E-state index < -0.39 is 6.10 Å². The van der Waals surface area contributed by atoms with Crippen LogP contribution in [0.25, 0.3) is 0 Å². The van der Waals surface area contributed by atoms with E-state index in [1.54, 1.807) is 14.2 Å². The highest BCUT2D eigenvalue weighted by Gasteiger charge is 2.40. The van der Waals surface area contributed by atoms with Crippen LogP contribution in [0.5, 0.6) is 0 Å². The van der Waals surface area contributed by atoms with Crippen molar-refractivity contribution in [1.82, 2.24) is 0 Å². The van der Waals surface area contributed by atoms with Crippen molar-refractivity contribution < 1.29 is 23.7 Å². The minimum Gasteiger partial charge on any atom is -0.457 e. The topological polar surface area (TPSA) is 54.0 Å². The monoisotopic (exact) mass is 218 g/mol. The van der Waals surface area contributed by atoms with Crippen molar-refractivity contribution in [3.8, 4) is 0 Å². The molecule has 5 heteroatoms. The molecule has 0 aromatic carbocycles. The Labute approximate surface area is 89.6 Å². The summed E-state index contributed by atoms with van der Waals surface area (Å²) in [5, 5.41) is 0. The summed E-state index contributed by atoms with van der Waals surface area (Å²) in [6.45, 7) is 3.62. The number of hydrogen-bond acceptors (Lipinski definition) is 5. The molecule has 1 aliphatic rings. The second-order valence-electron chi connectivity index (χ2n) is 3.59. The molecule has 1 rings (SSSR count). The van der Waals surface area contributed by atoms with Crippen LogP contribution in [0, 0.1) is 0 Å². The Bertz CT molecular complexity index is 218. The van der Waals surface area contributed by atoms with Gasteiger partial charge < -0.3 is 18.9 Å². The van der Waals surface area contributed by atoms with E-state index in [1.165, 1.54) is 6.92 Å². The van der Waals surface area contributed by atoms with Crippen LogP contribution in [0.2, 0.25) is 0 Å². The molecular formula is C10H18O5. The van der Waals surface area contributed by atoms with Gasteiger partial charge in [-0.15, -0.1) is 0 Å². The molecule has 0 aromatic heterocycles. The van der Waals surface area contributed by atoms with Gasteiger partial charge in [-0.1, -0.05) is 0 Å². The highest BCUT2D eigenvalue weighted by Crippen LogP contribution is 2.22. The standard InChI is InChI=1S/C10H18O5/c1-6-9(12-3)10(13-4)8(5-14-6)15-7(2)11/h6,8-10H,5H2,1-4H3/t6-,8+,9+,10-/m1/s1. The Morgan fingerprint density at radius 1 is 1.27 bits per heavy atom. The lowest BCUT2D eigenvalue weighted by Gasteiger charge is -2.39. The van der Waals surface area contributed by atoms with Crippen LogP contribution >= 0.6 is 0 Å². The van der Waals surface area contributed by atoms with Gasteiger partial charge in [-0.05, 0) is 6.92 Å². The van der Waals surface area contributed by atoms with Crippen LogP contribution in [-0.2, 0) is 23.7 Å². The number of carbonyl (C=O) groups excluding carboxylic acids is 1. The van der Waals surface area contributed by atoms with Gasteiger partial charge in [0, 0.05) is 21.1 Å². The summed E-state index contributed by atoms with van der Waals surface area (Å²) in [4.78, 5) is 10.9. The molecule has 0 spiro atoms. The predicted molar refractivity (Wildman–Crippen MR) is 52.6 cm³/mol. The van der Waals surface area contributed by atoms with Crippen molar-refractivity contribution in [2.45, 2.75) is 38.3 Å². The summed E-state index contributed by atoms with van der Waals surface area (Å²) in [6.07, 6.45) is -0.948. The molecule has 4 atom stereocenters. The van der Waals surface area contributed by atoms with Crippen molar-refractivity contribution in [2.24, 2.45) is 0 Å². The molecule has 0 amide bonds. The third-order valence-corrected chi connectivity index (χ3v) is 2.54. The van der Waals surface area contributed by atoms with E-state index in [0.717, 1.165) is 0 Å². The summed E-state index contributed by atoms with van der Waals surface area (Å²) in [5.41, 5.74) is 0. The molecule has 0 aliphatic carbocycles. The molecule has 0 saturated carbocycles. The fourth-order valence-corrected chi connectivity index (χ4v) is 1.84. The Morgan fingerprint density at radius 3 is 2.33 bits per heavy atom. The first kappa shape index (κ1) is 12.4. The number of rotatable bonds is 3. The summed E-state index contributed by atoms with van der Waals surface area (Å²) in [6, 6.07) is 0. The first-order chi connectivity index (χ1) is 7.10. The molecule has 0 bridgehead atoms. The van der Waals surface area contributed by atoms with E-state index in [1.807, 2.05) is 6.92 Å². The molecule has 0 unspecified atom stereocenters. The van der Waals surface area contributed by atoms with Crippen LogP contribution in [0.1, 0.15) is 13.8 Å². The van der Waals surface area contributed by atoms with Gasteiger partial charge in [0.1, 0.15) is 12.2 Å². The molecule has 0 N–H and O–H groups in total. The van der Waals surface area contributed by atoms with Gasteiger partial charge in [-0.2, -0.15) is 0 Å². The van der Waals surface area contributed by atoms with Gasteiger partial charge in [0.2, 0.25) is 0 Å². The Balaban J connectivity index is 2.68. The van der Waals surface area contributed by atoms with Crippen LogP contribution in [0.4, 0.5) is 0 Å². The van der Waals surface area contributed by atoms with Crippen LogP contribution < -0.4 is 0 Å². The number of carbonyl (C=O) groups is 1. The second kappa shape index (κ2) is 5.44. The zero-order valence-corrected chi connectivity index (χ0v) is 9.56. The van der Waals surface area contributed by atoms with Crippen LogP contribution in [0.15, 0.2) is 0 Å². The minimum absolute atomic E-state index is 0.0632. The lowest BCUT2D eigenvalue weighted by atomic mass is 10.0. The maximum Gasteiger partial charge on any atom is 0.303 e. The fraction of sp³-hybridized carbons (Fsp3) is 0.900. The predicted octanol–water partition coefficient (Wildman–Crippen LogP) is 0.367. The highest BCUT2D eigenvalue weighted by molar-refractivity contribution is 5.66. The van der Waals surface area contributed by atoms with Crippen molar-refractivity contribution in [3.63, 3.8) is 0 Å². The van der Waals surface area contributed by atoms with Gasteiger partial charge in [-0.3, -0.25) is 4.79 Å². The fourth-order valence-electron chi connectivity index (χ4n) is 1.84. The van der Waals surface area contributed by atoms with E-state index >= 15 is 0 Å². The van der Waals surface area contributed by atoms with Gasteiger partial charge in [0.15, 0.2) is 6.10 Å². The van der Waals surface area contributed by atoms with Crippen molar-refractivity contribution in [2.75, 3.05) is 20.8 Å². The van der Waals surface area contributed by atoms with Crippen molar-refractivity contribution in [3.05, 3.63) is 0 Å². The summed E-state index contributed by atoms with van der Waals surface area (Å²) < 4.78 is 21.1. The lowest BCUT2D eigenvalue weighted by molar-refractivity contribution is -0.213. The molecule has 1 aliphatic heterocycles. The molecule has 15 heavy (non-hydrogen) atoms. The smallest absolute Gasteiger partial charge is 0.303 e. The summed E-state index contributed by atoms with van der Waals surface area (Å²) >= 11 is 0. The molecule has 0 aromatic rings. The third kappa shape index (κ3) is 2.90. The van der Waals surface area contributed by atoms with E-state index in [4.69, 9.17) is 18.9 Å². The zero-order valence-electron chi connectivity index (χ0n) is 9.56. The average Bonchev–Trinajstić information content (AvgIpc) is 2.19. The first-order valence-corrected chi connectivity index (χ1v) is 4.94. The van der Waals surface area contributed by atoms with E-state index in [9.17, 15) is 4.79 Å². The molecule has 1 fully saturated rings. The van der Waals surface area contributed by atoms with E-state index in [2.05, 4.69) is 0 Å². The van der Waals surface area contributed by atoms with E-state index in [-0.39, 0.29) is 24.3 Å². The number of hydrogen-bond donors (Lipinski definition) is 0. The Hall–Kier alpha value is -0.650. The van der Waals surface area contributed by atoms with Crippen LogP contribution in [-0.4, -0.2) is 51.2 Å². The normalized spacial score (nSPS) is 36.3. The second-order valence-corrected chi connectivity index (χ2v) is 3.59. The van der Waals surface area contributed by atoms with E-state index in [0.29, 0.717) is 6.61 Å². The quantitative estimate of drug-likeness (QED) is 0.640. The molecule has 1 heterocycles. The molecule has 5 nitrogen and oxygen atoms in total. The van der Waals surface area contributed by atoms with Crippen molar-refractivity contribution >= 4 is 5.97 Å². The van der Waals surface area contributed by atoms with Crippen LogP contribution in [0.3, 0.4) is 0 Å². The Kier molecular flexibility index (Phi) is 4.50. The molecule has 88 valence electrons. The largest absolute Gasteiger partial charge is 0.457 e. The first-order valence-electron chi connectivity index (χ1n) is 4.94. The average molecular weight is 218 g/mol. The lowest BCUT2D eigenvalue weighted by Crippen LogP contribution is -2.54. The number of methoxy groups -OCH3 is 2. The van der Waals surface area contributed by atoms with Gasteiger partial charge in [-0.25, -0.2) is 0 Å². The van der Waals surface area contributed by atoms with Gasteiger partial charge >= 0.3 is 5.97 Å².